The number of benzene rings is 1. The lowest BCUT2D eigenvalue weighted by Crippen LogP contribution is -2.03. The average molecular weight is 265 g/mol. The van der Waals surface area contributed by atoms with Crippen molar-refractivity contribution in [1.29, 1.82) is 0 Å². The first kappa shape index (κ1) is 11.2. The van der Waals surface area contributed by atoms with E-state index >= 15 is 0 Å². The summed E-state index contributed by atoms with van der Waals surface area (Å²) in [6.07, 6.45) is 0.310. The first-order chi connectivity index (χ1) is 8.67. The van der Waals surface area contributed by atoms with Gasteiger partial charge in [0.15, 0.2) is 0 Å². The van der Waals surface area contributed by atoms with Crippen LogP contribution in [-0.4, -0.2) is 16.0 Å². The quantitative estimate of drug-likeness (QED) is 0.854. The minimum absolute atomic E-state index is 0.0696. The van der Waals surface area contributed by atoms with Gasteiger partial charge in [0.1, 0.15) is 0 Å². The Bertz CT molecular complexity index is 638. The first-order valence-electron chi connectivity index (χ1n) is 5.32. The van der Waals surface area contributed by atoms with Crippen LogP contribution in [0.4, 0.5) is 5.69 Å². The van der Waals surface area contributed by atoms with E-state index in [1.165, 1.54) is 0 Å². The summed E-state index contributed by atoms with van der Waals surface area (Å²) >= 11 is 6.11. The second-order valence-corrected chi connectivity index (χ2v) is 4.34. The second-order valence-electron chi connectivity index (χ2n) is 3.93. The summed E-state index contributed by atoms with van der Waals surface area (Å²) in [6.45, 7) is 0.186. The van der Waals surface area contributed by atoms with Gasteiger partial charge in [-0.2, -0.15) is 4.98 Å². The molecule has 18 heavy (non-hydrogen) atoms. The van der Waals surface area contributed by atoms with Crippen LogP contribution in [0.25, 0.3) is 11.4 Å². The minimum Gasteiger partial charge on any atom is -0.338 e. The number of nitrogens with two attached hydrogens (primary N) is 1. The molecule has 0 unspecified atom stereocenters. The summed E-state index contributed by atoms with van der Waals surface area (Å²) in [5.74, 6) is 0.704. The van der Waals surface area contributed by atoms with Gasteiger partial charge in [0.2, 0.25) is 17.6 Å². The molecule has 1 aliphatic rings. The summed E-state index contributed by atoms with van der Waals surface area (Å²) in [5, 5.41) is 6.98. The number of rotatable bonds is 2. The molecule has 0 bridgehead atoms. The first-order valence-corrected chi connectivity index (χ1v) is 5.70. The van der Waals surface area contributed by atoms with E-state index in [1.807, 2.05) is 6.07 Å². The summed E-state index contributed by atoms with van der Waals surface area (Å²) < 4.78 is 4.94. The van der Waals surface area contributed by atoms with E-state index < -0.39 is 0 Å². The molecule has 6 nitrogen and oxygen atoms in total. The molecular formula is C11H9ClN4O2. The Kier molecular flexibility index (Phi) is 2.53. The Morgan fingerprint density at radius 1 is 1.50 bits per heavy atom. The van der Waals surface area contributed by atoms with Gasteiger partial charge < -0.3 is 15.6 Å². The third-order valence-corrected chi connectivity index (χ3v) is 2.99. The van der Waals surface area contributed by atoms with Crippen molar-refractivity contribution in [3.63, 3.8) is 0 Å². The summed E-state index contributed by atoms with van der Waals surface area (Å²) in [5.41, 5.74) is 7.60. The molecule has 0 spiro atoms. The average Bonchev–Trinajstić information content (AvgIpc) is 2.94. The van der Waals surface area contributed by atoms with Gasteiger partial charge in [-0.15, -0.1) is 0 Å². The lowest BCUT2D eigenvalue weighted by Gasteiger charge is -2.03. The highest BCUT2D eigenvalue weighted by Crippen LogP contribution is 2.35. The molecule has 1 aromatic heterocycles. The maximum atomic E-state index is 11.3. The fraction of sp³-hybridized carbons (Fsp3) is 0.182. The third-order valence-electron chi connectivity index (χ3n) is 2.69. The van der Waals surface area contributed by atoms with Crippen LogP contribution in [0.1, 0.15) is 11.5 Å². The van der Waals surface area contributed by atoms with Crippen LogP contribution in [-0.2, 0) is 17.8 Å². The largest absolute Gasteiger partial charge is 0.338 e. The zero-order valence-electron chi connectivity index (χ0n) is 9.24. The smallest absolute Gasteiger partial charge is 0.240 e. The molecule has 1 aromatic carbocycles. The number of carbonyl (C=O) groups is 1. The SMILES string of the molecule is NCc1nc(-c2cc(Cl)c3c(c2)CC(=O)N3)no1. The number of hydrogen-bond donors (Lipinski definition) is 2. The van der Waals surface area contributed by atoms with Crippen molar-refractivity contribution in [2.45, 2.75) is 13.0 Å². The number of halogens is 1. The van der Waals surface area contributed by atoms with Crippen LogP contribution in [0.3, 0.4) is 0 Å². The normalized spacial score (nSPS) is 13.6. The highest BCUT2D eigenvalue weighted by molar-refractivity contribution is 6.34. The van der Waals surface area contributed by atoms with Gasteiger partial charge in [0.05, 0.1) is 23.7 Å². The molecular weight excluding hydrogens is 256 g/mol. The molecule has 92 valence electrons. The van der Waals surface area contributed by atoms with Gasteiger partial charge in [-0.05, 0) is 17.7 Å². The molecule has 3 N–H and O–H groups in total. The van der Waals surface area contributed by atoms with E-state index in [0.29, 0.717) is 34.4 Å². The van der Waals surface area contributed by atoms with E-state index in [2.05, 4.69) is 15.5 Å². The van der Waals surface area contributed by atoms with Gasteiger partial charge in [-0.1, -0.05) is 16.8 Å². The predicted molar refractivity (Wildman–Crippen MR) is 65.0 cm³/mol. The van der Waals surface area contributed by atoms with Gasteiger partial charge >= 0.3 is 0 Å². The topological polar surface area (TPSA) is 94.0 Å². The Morgan fingerprint density at radius 2 is 2.33 bits per heavy atom. The molecule has 7 heteroatoms. The summed E-state index contributed by atoms with van der Waals surface area (Å²) in [4.78, 5) is 15.4. The van der Waals surface area contributed by atoms with Crippen molar-refractivity contribution in [2.75, 3.05) is 5.32 Å². The minimum atomic E-state index is -0.0696. The van der Waals surface area contributed by atoms with Crippen molar-refractivity contribution < 1.29 is 9.32 Å². The fourth-order valence-electron chi connectivity index (χ4n) is 1.88. The maximum Gasteiger partial charge on any atom is 0.240 e. The van der Waals surface area contributed by atoms with E-state index in [0.717, 1.165) is 5.56 Å². The summed E-state index contributed by atoms with van der Waals surface area (Å²) in [7, 11) is 0. The number of aromatic nitrogens is 2. The van der Waals surface area contributed by atoms with Crippen LogP contribution in [0.2, 0.25) is 5.02 Å². The van der Waals surface area contributed by atoms with E-state index in [4.69, 9.17) is 21.9 Å². The van der Waals surface area contributed by atoms with Gasteiger partial charge in [0, 0.05) is 5.56 Å². The van der Waals surface area contributed by atoms with Crippen LogP contribution in [0.15, 0.2) is 16.7 Å². The molecule has 2 heterocycles. The highest BCUT2D eigenvalue weighted by Gasteiger charge is 2.22. The van der Waals surface area contributed by atoms with Gasteiger partial charge in [-0.25, -0.2) is 0 Å². The van der Waals surface area contributed by atoms with E-state index in [1.54, 1.807) is 6.07 Å². The molecule has 0 saturated carbocycles. The molecule has 0 saturated heterocycles. The molecule has 3 rings (SSSR count). The van der Waals surface area contributed by atoms with Crippen molar-refractivity contribution in [3.8, 4) is 11.4 Å². The number of hydrogen-bond acceptors (Lipinski definition) is 5. The predicted octanol–water partition coefficient (Wildman–Crippen LogP) is 1.34. The molecule has 1 aliphatic heterocycles. The maximum absolute atomic E-state index is 11.3. The van der Waals surface area contributed by atoms with Gasteiger partial charge in [0.25, 0.3) is 0 Å². The lowest BCUT2D eigenvalue weighted by molar-refractivity contribution is -0.115. The Balaban J connectivity index is 2.07. The molecule has 0 aliphatic carbocycles. The van der Waals surface area contributed by atoms with Gasteiger partial charge in [-0.3, -0.25) is 4.79 Å². The molecule has 2 aromatic rings. The molecule has 0 radical (unpaired) electrons. The van der Waals surface area contributed by atoms with E-state index in [9.17, 15) is 4.79 Å². The number of carbonyl (C=O) groups excluding carboxylic acids is 1. The number of nitrogens with zero attached hydrogens (tertiary/aromatic N) is 2. The number of fused-ring (bicyclic) bond motifs is 1. The Labute approximate surface area is 107 Å². The van der Waals surface area contributed by atoms with Crippen molar-refractivity contribution >= 4 is 23.2 Å². The lowest BCUT2D eigenvalue weighted by atomic mass is 10.1. The van der Waals surface area contributed by atoms with Crippen molar-refractivity contribution in [1.82, 2.24) is 10.1 Å². The molecule has 1 amide bonds. The van der Waals surface area contributed by atoms with Crippen LogP contribution < -0.4 is 11.1 Å². The Hall–Kier alpha value is -1.92. The number of nitrogens with one attached hydrogen (secondary N) is 1. The van der Waals surface area contributed by atoms with Crippen LogP contribution in [0, 0.1) is 0 Å². The van der Waals surface area contributed by atoms with Crippen LogP contribution in [0.5, 0.6) is 0 Å². The number of amides is 1. The second kappa shape index (κ2) is 4.08. The summed E-state index contributed by atoms with van der Waals surface area (Å²) in [6, 6.07) is 3.52. The van der Waals surface area contributed by atoms with Crippen molar-refractivity contribution in [2.24, 2.45) is 5.73 Å². The monoisotopic (exact) mass is 264 g/mol. The number of anilines is 1. The highest BCUT2D eigenvalue weighted by atomic mass is 35.5. The zero-order chi connectivity index (χ0) is 12.7. The van der Waals surface area contributed by atoms with Crippen molar-refractivity contribution in [3.05, 3.63) is 28.6 Å². The van der Waals surface area contributed by atoms with E-state index in [-0.39, 0.29) is 12.5 Å². The molecule has 0 fully saturated rings. The third kappa shape index (κ3) is 1.75. The Morgan fingerprint density at radius 3 is 3.06 bits per heavy atom. The standard InChI is InChI=1S/C11H9ClN4O2/c12-7-2-6(11-15-9(4-13)18-16-11)1-5-3-8(17)14-10(5)7/h1-2H,3-4,13H2,(H,14,17). The molecule has 0 atom stereocenters. The zero-order valence-corrected chi connectivity index (χ0v) is 9.99. The fourth-order valence-corrected chi connectivity index (χ4v) is 2.17. The van der Waals surface area contributed by atoms with Crippen LogP contribution >= 0.6 is 11.6 Å².